The highest BCUT2D eigenvalue weighted by atomic mass is 16.2. The summed E-state index contributed by atoms with van der Waals surface area (Å²) in [4.78, 5) is 14.1. The molecule has 2 aromatic rings. The van der Waals surface area contributed by atoms with E-state index in [1.165, 1.54) is 11.1 Å². The SMILES string of the molecule is CCN(CC)C(=O)c1ccc(CCc2ccccc2)cc1. The van der Waals surface area contributed by atoms with Gasteiger partial charge in [-0.25, -0.2) is 0 Å². The Kier molecular flexibility index (Phi) is 5.56. The summed E-state index contributed by atoms with van der Waals surface area (Å²) >= 11 is 0. The predicted octanol–water partition coefficient (Wildman–Crippen LogP) is 3.95. The Labute approximate surface area is 127 Å². The van der Waals surface area contributed by atoms with Crippen molar-refractivity contribution in [1.29, 1.82) is 0 Å². The number of carbonyl (C=O) groups is 1. The zero-order valence-corrected chi connectivity index (χ0v) is 12.9. The number of rotatable bonds is 6. The average molecular weight is 281 g/mol. The van der Waals surface area contributed by atoms with Crippen LogP contribution in [0.5, 0.6) is 0 Å². The van der Waals surface area contributed by atoms with E-state index in [2.05, 4.69) is 36.4 Å². The van der Waals surface area contributed by atoms with Crippen LogP contribution in [0, 0.1) is 0 Å². The summed E-state index contributed by atoms with van der Waals surface area (Å²) in [6.45, 7) is 5.53. The number of amides is 1. The van der Waals surface area contributed by atoms with E-state index in [-0.39, 0.29) is 5.91 Å². The van der Waals surface area contributed by atoms with E-state index >= 15 is 0 Å². The van der Waals surface area contributed by atoms with Crippen LogP contribution in [0.2, 0.25) is 0 Å². The molecule has 0 unspecified atom stereocenters. The minimum absolute atomic E-state index is 0.120. The number of benzene rings is 2. The number of aryl methyl sites for hydroxylation is 2. The minimum Gasteiger partial charge on any atom is -0.339 e. The lowest BCUT2D eigenvalue weighted by molar-refractivity contribution is 0.0773. The van der Waals surface area contributed by atoms with E-state index in [0.29, 0.717) is 0 Å². The third-order valence-electron chi connectivity index (χ3n) is 3.80. The molecule has 1 amide bonds. The Bertz CT molecular complexity index is 556. The summed E-state index contributed by atoms with van der Waals surface area (Å²) < 4.78 is 0. The first-order valence-electron chi connectivity index (χ1n) is 7.66. The van der Waals surface area contributed by atoms with Gasteiger partial charge in [0.15, 0.2) is 0 Å². The van der Waals surface area contributed by atoms with Crippen LogP contribution in [0.25, 0.3) is 0 Å². The van der Waals surface area contributed by atoms with Crippen molar-refractivity contribution < 1.29 is 4.79 Å². The Balaban J connectivity index is 1.97. The van der Waals surface area contributed by atoms with Crippen molar-refractivity contribution in [3.63, 3.8) is 0 Å². The lowest BCUT2D eigenvalue weighted by Crippen LogP contribution is -2.30. The number of nitrogens with zero attached hydrogens (tertiary/aromatic N) is 1. The monoisotopic (exact) mass is 281 g/mol. The average Bonchev–Trinajstić information content (AvgIpc) is 2.55. The molecule has 2 aromatic carbocycles. The van der Waals surface area contributed by atoms with Crippen LogP contribution < -0.4 is 0 Å². The van der Waals surface area contributed by atoms with E-state index < -0.39 is 0 Å². The molecule has 0 atom stereocenters. The van der Waals surface area contributed by atoms with Crippen molar-refractivity contribution in [2.45, 2.75) is 26.7 Å². The molecule has 0 saturated heterocycles. The van der Waals surface area contributed by atoms with Crippen molar-refractivity contribution in [1.82, 2.24) is 4.90 Å². The second kappa shape index (κ2) is 7.63. The second-order valence-corrected chi connectivity index (χ2v) is 5.16. The van der Waals surface area contributed by atoms with Crippen LogP contribution in [0.3, 0.4) is 0 Å². The Morgan fingerprint density at radius 1 is 0.810 bits per heavy atom. The molecule has 0 bridgehead atoms. The van der Waals surface area contributed by atoms with E-state index in [9.17, 15) is 4.79 Å². The van der Waals surface area contributed by atoms with Gasteiger partial charge in [-0.15, -0.1) is 0 Å². The largest absolute Gasteiger partial charge is 0.339 e. The molecule has 21 heavy (non-hydrogen) atoms. The highest BCUT2D eigenvalue weighted by molar-refractivity contribution is 5.94. The molecular formula is C19H23NO. The summed E-state index contributed by atoms with van der Waals surface area (Å²) in [6.07, 6.45) is 2.04. The van der Waals surface area contributed by atoms with Gasteiger partial charge in [0.1, 0.15) is 0 Å². The molecule has 0 aromatic heterocycles. The van der Waals surface area contributed by atoms with E-state index in [1.807, 2.05) is 36.9 Å². The summed E-state index contributed by atoms with van der Waals surface area (Å²) in [5, 5.41) is 0. The van der Waals surface area contributed by atoms with Crippen LogP contribution in [0.4, 0.5) is 0 Å². The molecule has 2 rings (SSSR count). The number of hydrogen-bond acceptors (Lipinski definition) is 1. The Morgan fingerprint density at radius 2 is 1.33 bits per heavy atom. The predicted molar refractivity (Wildman–Crippen MR) is 87.5 cm³/mol. The van der Waals surface area contributed by atoms with Gasteiger partial charge < -0.3 is 4.90 Å². The van der Waals surface area contributed by atoms with Crippen molar-refractivity contribution in [2.75, 3.05) is 13.1 Å². The maximum atomic E-state index is 12.2. The summed E-state index contributed by atoms with van der Waals surface area (Å²) in [7, 11) is 0. The van der Waals surface area contributed by atoms with Gasteiger partial charge in [0, 0.05) is 18.7 Å². The van der Waals surface area contributed by atoms with Gasteiger partial charge in [0.25, 0.3) is 5.91 Å². The second-order valence-electron chi connectivity index (χ2n) is 5.16. The summed E-state index contributed by atoms with van der Waals surface area (Å²) in [5.74, 6) is 0.120. The third-order valence-corrected chi connectivity index (χ3v) is 3.80. The smallest absolute Gasteiger partial charge is 0.253 e. The molecule has 0 fully saturated rings. The van der Waals surface area contributed by atoms with Gasteiger partial charge in [-0.05, 0) is 49.9 Å². The lowest BCUT2D eigenvalue weighted by atomic mass is 10.0. The van der Waals surface area contributed by atoms with Crippen LogP contribution in [0.15, 0.2) is 54.6 Å². The molecule has 0 N–H and O–H groups in total. The first-order valence-corrected chi connectivity index (χ1v) is 7.66. The molecule has 110 valence electrons. The topological polar surface area (TPSA) is 20.3 Å². The first-order chi connectivity index (χ1) is 10.2. The molecular weight excluding hydrogens is 258 g/mol. The standard InChI is InChI=1S/C19H23NO/c1-3-20(4-2)19(21)18-14-12-17(13-15-18)11-10-16-8-6-5-7-9-16/h5-9,12-15H,3-4,10-11H2,1-2H3. The zero-order valence-electron chi connectivity index (χ0n) is 12.9. The molecule has 0 radical (unpaired) electrons. The van der Waals surface area contributed by atoms with E-state index in [0.717, 1.165) is 31.5 Å². The van der Waals surface area contributed by atoms with Crippen LogP contribution in [-0.4, -0.2) is 23.9 Å². The molecule has 0 aliphatic heterocycles. The molecule has 0 saturated carbocycles. The summed E-state index contributed by atoms with van der Waals surface area (Å²) in [6, 6.07) is 18.5. The van der Waals surface area contributed by atoms with E-state index in [1.54, 1.807) is 0 Å². The highest BCUT2D eigenvalue weighted by Crippen LogP contribution is 2.11. The molecule has 0 heterocycles. The Morgan fingerprint density at radius 3 is 1.86 bits per heavy atom. The van der Waals surface area contributed by atoms with Crippen molar-refractivity contribution in [3.8, 4) is 0 Å². The maximum absolute atomic E-state index is 12.2. The summed E-state index contributed by atoms with van der Waals surface area (Å²) in [5.41, 5.74) is 3.40. The fraction of sp³-hybridized carbons (Fsp3) is 0.316. The molecule has 0 aliphatic rings. The van der Waals surface area contributed by atoms with Gasteiger partial charge in [-0.2, -0.15) is 0 Å². The van der Waals surface area contributed by atoms with Gasteiger partial charge in [0.05, 0.1) is 0 Å². The first kappa shape index (κ1) is 15.3. The molecule has 0 spiro atoms. The maximum Gasteiger partial charge on any atom is 0.253 e. The van der Waals surface area contributed by atoms with Gasteiger partial charge in [-0.1, -0.05) is 42.5 Å². The number of carbonyl (C=O) groups excluding carboxylic acids is 1. The van der Waals surface area contributed by atoms with Gasteiger partial charge in [-0.3, -0.25) is 4.79 Å². The van der Waals surface area contributed by atoms with Crippen molar-refractivity contribution in [2.24, 2.45) is 0 Å². The zero-order chi connectivity index (χ0) is 15.1. The van der Waals surface area contributed by atoms with Gasteiger partial charge in [0.2, 0.25) is 0 Å². The van der Waals surface area contributed by atoms with Crippen LogP contribution in [0.1, 0.15) is 35.3 Å². The highest BCUT2D eigenvalue weighted by Gasteiger charge is 2.11. The lowest BCUT2D eigenvalue weighted by Gasteiger charge is -2.18. The van der Waals surface area contributed by atoms with Crippen molar-refractivity contribution >= 4 is 5.91 Å². The van der Waals surface area contributed by atoms with Gasteiger partial charge >= 0.3 is 0 Å². The van der Waals surface area contributed by atoms with E-state index in [4.69, 9.17) is 0 Å². The van der Waals surface area contributed by atoms with Crippen molar-refractivity contribution in [3.05, 3.63) is 71.3 Å². The molecule has 2 nitrogen and oxygen atoms in total. The quantitative estimate of drug-likeness (QED) is 0.785. The number of hydrogen-bond donors (Lipinski definition) is 0. The minimum atomic E-state index is 0.120. The molecule has 0 aliphatic carbocycles. The molecule has 2 heteroatoms. The van der Waals surface area contributed by atoms with Crippen LogP contribution in [-0.2, 0) is 12.8 Å². The third kappa shape index (κ3) is 4.19. The fourth-order valence-electron chi connectivity index (χ4n) is 2.44. The normalized spacial score (nSPS) is 10.4. The fourth-order valence-corrected chi connectivity index (χ4v) is 2.44. The Hall–Kier alpha value is -2.09. The van der Waals surface area contributed by atoms with Crippen LogP contribution >= 0.6 is 0 Å².